The fraction of sp³-hybridized carbons (Fsp3) is 0.538. The largest absolute Gasteiger partial charge is 0.460 e. The molecule has 0 aromatic heterocycles. The standard InChI is InChI=1S/C26H18F20OSi/c1-48(2,3)17(25(41,42)43)14-10-6-4-8-12(14)16(47,13-9-5-7-11-15(13)17)18(27,28)19(29,30)20(31,32)21(33,34)22(35,36)23(37,38)24(39,40)26(44,45)46/h4-11,47H,1-3H3. The van der Waals surface area contributed by atoms with Crippen LogP contribution in [0.5, 0.6) is 0 Å². The van der Waals surface area contributed by atoms with Crippen LogP contribution in [0.3, 0.4) is 0 Å². The molecule has 0 fully saturated rings. The second kappa shape index (κ2) is 10.4. The zero-order valence-corrected chi connectivity index (χ0v) is 24.6. The van der Waals surface area contributed by atoms with Gasteiger partial charge in [-0.15, -0.1) is 0 Å². The van der Waals surface area contributed by atoms with Crippen molar-refractivity contribution in [2.45, 2.75) is 84.1 Å². The van der Waals surface area contributed by atoms with Crippen molar-refractivity contribution in [2.24, 2.45) is 0 Å². The van der Waals surface area contributed by atoms with Gasteiger partial charge < -0.3 is 5.11 Å². The lowest BCUT2D eigenvalue weighted by Gasteiger charge is -2.55. The average molecular weight is 754 g/mol. The van der Waals surface area contributed by atoms with Crippen LogP contribution in [0.2, 0.25) is 19.6 Å². The molecule has 1 aliphatic carbocycles. The Morgan fingerprint density at radius 1 is 0.438 bits per heavy atom. The van der Waals surface area contributed by atoms with Gasteiger partial charge >= 0.3 is 53.8 Å². The Morgan fingerprint density at radius 3 is 0.979 bits per heavy atom. The predicted octanol–water partition coefficient (Wildman–Crippen LogP) is 9.97. The quantitative estimate of drug-likeness (QED) is 0.210. The summed E-state index contributed by atoms with van der Waals surface area (Å²) in [6, 6.07) is 2.95. The van der Waals surface area contributed by atoms with Gasteiger partial charge in [-0.2, -0.15) is 87.8 Å². The van der Waals surface area contributed by atoms with E-state index in [2.05, 4.69) is 0 Å². The molecule has 1 N–H and O–H groups in total. The molecule has 0 radical (unpaired) electrons. The lowest BCUT2D eigenvalue weighted by Crippen LogP contribution is -2.76. The molecule has 1 nitrogen and oxygen atoms in total. The van der Waals surface area contributed by atoms with Crippen molar-refractivity contribution in [3.8, 4) is 0 Å². The molecule has 22 heteroatoms. The van der Waals surface area contributed by atoms with Crippen molar-refractivity contribution in [1.82, 2.24) is 0 Å². The number of fused-ring (bicyclic) bond motifs is 2. The molecule has 0 saturated carbocycles. The van der Waals surface area contributed by atoms with E-state index >= 15 is 30.7 Å². The minimum atomic E-state index is -8.94. The molecule has 0 saturated heterocycles. The highest BCUT2D eigenvalue weighted by Gasteiger charge is 2.96. The minimum absolute atomic E-state index is 0.0266. The van der Waals surface area contributed by atoms with E-state index < -0.39 is 94.8 Å². The van der Waals surface area contributed by atoms with E-state index in [-0.39, 0.29) is 12.1 Å². The van der Waals surface area contributed by atoms with Crippen molar-refractivity contribution in [2.75, 3.05) is 0 Å². The lowest BCUT2D eigenvalue weighted by molar-refractivity contribution is -0.466. The zero-order chi connectivity index (χ0) is 38.0. The maximum absolute atomic E-state index is 16.0. The number of rotatable bonds is 8. The van der Waals surface area contributed by atoms with Crippen molar-refractivity contribution in [3.05, 3.63) is 70.8 Å². The summed E-state index contributed by atoms with van der Waals surface area (Å²) in [5.41, 5.74) is -12.5. The molecule has 0 aliphatic heterocycles. The molecule has 0 atom stereocenters. The van der Waals surface area contributed by atoms with Gasteiger partial charge in [-0.05, 0) is 22.3 Å². The second-order valence-corrected chi connectivity index (χ2v) is 17.1. The monoisotopic (exact) mass is 754 g/mol. The van der Waals surface area contributed by atoms with Crippen molar-refractivity contribution in [3.63, 3.8) is 0 Å². The Kier molecular flexibility index (Phi) is 8.57. The van der Waals surface area contributed by atoms with Crippen molar-refractivity contribution in [1.29, 1.82) is 0 Å². The summed E-state index contributed by atoms with van der Waals surface area (Å²) in [6.45, 7) is 2.87. The summed E-state index contributed by atoms with van der Waals surface area (Å²) in [6.07, 6.45) is -13.5. The van der Waals surface area contributed by atoms with Gasteiger partial charge in [-0.3, -0.25) is 0 Å². The third-order valence-corrected chi connectivity index (χ3v) is 11.2. The van der Waals surface area contributed by atoms with Crippen LogP contribution in [0, 0.1) is 0 Å². The zero-order valence-electron chi connectivity index (χ0n) is 23.6. The highest BCUT2D eigenvalue weighted by Crippen LogP contribution is 2.69. The van der Waals surface area contributed by atoms with Gasteiger partial charge in [0.05, 0.1) is 8.07 Å². The van der Waals surface area contributed by atoms with Gasteiger partial charge in [0.15, 0.2) is 5.60 Å². The van der Waals surface area contributed by atoms with Gasteiger partial charge in [0.25, 0.3) is 0 Å². The number of benzene rings is 2. The Hall–Kier alpha value is -2.78. The van der Waals surface area contributed by atoms with Crippen LogP contribution in [-0.4, -0.2) is 67.0 Å². The van der Waals surface area contributed by atoms with Crippen LogP contribution in [0.25, 0.3) is 0 Å². The highest BCUT2D eigenvalue weighted by molar-refractivity contribution is 6.80. The third-order valence-electron chi connectivity index (χ3n) is 8.17. The van der Waals surface area contributed by atoms with Crippen LogP contribution < -0.4 is 0 Å². The van der Waals surface area contributed by atoms with Gasteiger partial charge in [0.1, 0.15) is 5.04 Å². The number of aliphatic hydroxyl groups is 1. The van der Waals surface area contributed by atoms with Crippen LogP contribution in [0.1, 0.15) is 22.3 Å². The molecule has 0 bridgehead atoms. The molecule has 0 heterocycles. The Morgan fingerprint density at radius 2 is 0.708 bits per heavy atom. The molecule has 0 unspecified atom stereocenters. The third kappa shape index (κ3) is 4.34. The summed E-state index contributed by atoms with van der Waals surface area (Å²) in [5, 5.41) is 7.76. The fourth-order valence-corrected chi connectivity index (χ4v) is 8.71. The van der Waals surface area contributed by atoms with Crippen molar-refractivity contribution >= 4 is 8.07 Å². The van der Waals surface area contributed by atoms with E-state index in [9.17, 15) is 62.2 Å². The minimum Gasteiger partial charge on any atom is -0.374 e. The Labute approximate surface area is 256 Å². The maximum Gasteiger partial charge on any atom is 0.460 e. The van der Waals surface area contributed by atoms with E-state index in [1.165, 1.54) is 0 Å². The first-order valence-electron chi connectivity index (χ1n) is 12.7. The summed E-state index contributed by atoms with van der Waals surface area (Å²) < 4.78 is 285. The first-order chi connectivity index (χ1) is 21.0. The van der Waals surface area contributed by atoms with E-state index in [1.54, 1.807) is 0 Å². The Balaban J connectivity index is 2.46. The predicted molar refractivity (Wildman–Crippen MR) is 127 cm³/mol. The van der Waals surface area contributed by atoms with E-state index in [4.69, 9.17) is 0 Å². The highest BCUT2D eigenvalue weighted by atomic mass is 28.3. The van der Waals surface area contributed by atoms with Gasteiger partial charge in [0.2, 0.25) is 0 Å². The van der Waals surface area contributed by atoms with Gasteiger partial charge in [-0.25, -0.2) is 0 Å². The summed E-state index contributed by atoms with van der Waals surface area (Å²) in [5.74, 6) is -59.6. The number of hydrogen-bond donors (Lipinski definition) is 1. The number of hydrogen-bond acceptors (Lipinski definition) is 1. The second-order valence-electron chi connectivity index (χ2n) is 11.8. The summed E-state index contributed by atoms with van der Waals surface area (Å²) in [7, 11) is -4.14. The maximum atomic E-state index is 16.0. The molecule has 0 spiro atoms. The van der Waals surface area contributed by atoms with Crippen molar-refractivity contribution < 1.29 is 92.9 Å². The molecule has 3 rings (SSSR count). The molecule has 2 aromatic carbocycles. The molecular weight excluding hydrogens is 736 g/mol. The van der Waals surface area contributed by atoms with Crippen LogP contribution in [-0.2, 0) is 10.6 Å². The first kappa shape index (κ1) is 39.7. The van der Waals surface area contributed by atoms with Crippen LogP contribution in [0.15, 0.2) is 48.5 Å². The summed E-state index contributed by atoms with van der Waals surface area (Å²) in [4.78, 5) is 0. The SMILES string of the molecule is C[Si](C)(C)C1(C(F)(F)F)c2ccccc2C(O)(C(F)(F)C(F)(F)C(F)(F)C(F)(F)C(F)(F)C(F)(F)C(F)(F)C(F)(F)F)c2ccccc21. The van der Waals surface area contributed by atoms with E-state index in [0.29, 0.717) is 36.4 Å². The fourth-order valence-electron chi connectivity index (χ4n) is 5.81. The molecule has 0 amide bonds. The average Bonchev–Trinajstić information content (AvgIpc) is 2.90. The normalized spacial score (nSPS) is 22.3. The molecule has 48 heavy (non-hydrogen) atoms. The Bertz CT molecular complexity index is 1490. The van der Waals surface area contributed by atoms with Gasteiger partial charge in [0, 0.05) is 0 Å². The topological polar surface area (TPSA) is 20.2 Å². The lowest BCUT2D eigenvalue weighted by atomic mass is 9.64. The number of halogens is 20. The van der Waals surface area contributed by atoms with Crippen LogP contribution >= 0.6 is 0 Å². The smallest absolute Gasteiger partial charge is 0.374 e. The van der Waals surface area contributed by atoms with Crippen LogP contribution in [0.4, 0.5) is 87.8 Å². The summed E-state index contributed by atoms with van der Waals surface area (Å²) >= 11 is 0. The molecule has 272 valence electrons. The molecule has 2 aromatic rings. The molecular formula is C26H18F20OSi. The molecule has 1 aliphatic rings. The van der Waals surface area contributed by atoms with E-state index in [0.717, 1.165) is 19.6 Å². The first-order valence-corrected chi connectivity index (χ1v) is 16.2. The number of alkyl halides is 20. The van der Waals surface area contributed by atoms with E-state index in [1.807, 2.05) is 0 Å². The van der Waals surface area contributed by atoms with Gasteiger partial charge in [-0.1, -0.05) is 68.2 Å².